The van der Waals surface area contributed by atoms with Crippen LogP contribution in [0, 0.1) is 0 Å². The van der Waals surface area contributed by atoms with Crippen molar-refractivity contribution >= 4 is 10.2 Å². The van der Waals surface area contributed by atoms with Crippen molar-refractivity contribution in [1.82, 2.24) is 18.6 Å². The van der Waals surface area contributed by atoms with Gasteiger partial charge in [-0.3, -0.25) is 0 Å². The Bertz CT molecular complexity index is 491. The Labute approximate surface area is 107 Å². The van der Waals surface area contributed by atoms with Gasteiger partial charge in [-0.05, 0) is 6.07 Å². The van der Waals surface area contributed by atoms with Crippen molar-refractivity contribution in [3.05, 3.63) is 24.3 Å². The van der Waals surface area contributed by atoms with Crippen LogP contribution in [0.4, 0.5) is 0 Å². The van der Waals surface area contributed by atoms with E-state index in [-0.39, 0.29) is 12.6 Å². The topological polar surface area (TPSA) is 75.6 Å². The van der Waals surface area contributed by atoms with Gasteiger partial charge in [0.05, 0.1) is 12.3 Å². The third-order valence-corrected chi connectivity index (χ3v) is 4.66. The second-order valence-corrected chi connectivity index (χ2v) is 6.28. The zero-order valence-electron chi connectivity index (χ0n) is 10.4. The van der Waals surface area contributed by atoms with Gasteiger partial charge in [-0.1, -0.05) is 0 Å². The summed E-state index contributed by atoms with van der Waals surface area (Å²) in [6.45, 7) is 1.00. The van der Waals surface area contributed by atoms with Gasteiger partial charge in [0.1, 0.15) is 12.4 Å². The van der Waals surface area contributed by atoms with E-state index in [2.05, 4.69) is 9.97 Å². The molecule has 2 heterocycles. The van der Waals surface area contributed by atoms with Crippen LogP contribution in [-0.2, 0) is 14.9 Å². The van der Waals surface area contributed by atoms with Crippen molar-refractivity contribution in [2.75, 3.05) is 33.8 Å². The molecular weight excluding hydrogens is 256 g/mol. The molecule has 1 aliphatic rings. The maximum Gasteiger partial charge on any atom is 0.281 e. The lowest BCUT2D eigenvalue weighted by Crippen LogP contribution is -2.47. The molecule has 0 N–H and O–H groups in total. The minimum absolute atomic E-state index is 0.275. The summed E-state index contributed by atoms with van der Waals surface area (Å²) in [5.74, 6) is 0. The summed E-state index contributed by atoms with van der Waals surface area (Å²) >= 11 is 0. The van der Waals surface area contributed by atoms with E-state index in [4.69, 9.17) is 4.74 Å². The predicted molar refractivity (Wildman–Crippen MR) is 64.9 cm³/mol. The van der Waals surface area contributed by atoms with Crippen LogP contribution in [0.15, 0.2) is 18.6 Å². The highest BCUT2D eigenvalue weighted by atomic mass is 32.2. The maximum absolute atomic E-state index is 12.0. The second kappa shape index (κ2) is 5.27. The van der Waals surface area contributed by atoms with Gasteiger partial charge in [0.25, 0.3) is 10.2 Å². The number of morpholine rings is 1. The van der Waals surface area contributed by atoms with Gasteiger partial charge in [0, 0.05) is 33.4 Å². The Morgan fingerprint density at radius 2 is 2.28 bits per heavy atom. The van der Waals surface area contributed by atoms with Gasteiger partial charge >= 0.3 is 0 Å². The number of aromatic nitrogens is 2. The first-order chi connectivity index (χ1) is 8.51. The summed E-state index contributed by atoms with van der Waals surface area (Å²) < 4.78 is 32.2. The highest BCUT2D eigenvalue weighted by Gasteiger charge is 2.32. The minimum Gasteiger partial charge on any atom is -0.369 e. The Morgan fingerprint density at radius 1 is 1.50 bits per heavy atom. The first-order valence-corrected chi connectivity index (χ1v) is 6.96. The molecule has 0 saturated carbocycles. The average molecular weight is 272 g/mol. The van der Waals surface area contributed by atoms with Crippen molar-refractivity contribution in [2.45, 2.75) is 6.10 Å². The van der Waals surface area contributed by atoms with Crippen molar-refractivity contribution in [1.29, 1.82) is 0 Å². The van der Waals surface area contributed by atoms with Crippen LogP contribution >= 0.6 is 0 Å². The molecular formula is C10H16N4O3S. The molecule has 0 amide bonds. The van der Waals surface area contributed by atoms with Crippen LogP contribution in [0.1, 0.15) is 11.8 Å². The highest BCUT2D eigenvalue weighted by Crippen LogP contribution is 2.22. The number of ether oxygens (including phenoxy) is 1. The van der Waals surface area contributed by atoms with Crippen molar-refractivity contribution in [2.24, 2.45) is 0 Å². The average Bonchev–Trinajstić information content (AvgIpc) is 2.40. The number of nitrogens with zero attached hydrogens (tertiary/aromatic N) is 4. The Kier molecular flexibility index (Phi) is 3.91. The molecule has 2 rings (SSSR count). The third-order valence-electron chi connectivity index (χ3n) is 2.75. The van der Waals surface area contributed by atoms with Crippen LogP contribution in [0.3, 0.4) is 0 Å². The first-order valence-electron chi connectivity index (χ1n) is 5.57. The molecule has 1 aliphatic heterocycles. The standard InChI is InChI=1S/C10H16N4O3S/c1-13(2)18(15,16)14-5-6-17-10(7-14)9-3-4-11-8-12-9/h3-4,8,10H,5-7H2,1-2H3/t10-/m0/s1. The van der Waals surface area contributed by atoms with E-state index in [1.54, 1.807) is 12.3 Å². The maximum atomic E-state index is 12.0. The quantitative estimate of drug-likeness (QED) is 0.752. The zero-order chi connectivity index (χ0) is 13.2. The lowest BCUT2D eigenvalue weighted by Gasteiger charge is -2.33. The molecule has 0 unspecified atom stereocenters. The minimum atomic E-state index is -3.40. The summed E-state index contributed by atoms with van der Waals surface area (Å²) in [6.07, 6.45) is 2.71. The molecule has 0 aliphatic carbocycles. The monoisotopic (exact) mass is 272 g/mol. The fourth-order valence-corrected chi connectivity index (χ4v) is 2.83. The number of hydrogen-bond donors (Lipinski definition) is 0. The van der Waals surface area contributed by atoms with Crippen LogP contribution in [0.25, 0.3) is 0 Å². The molecule has 0 radical (unpaired) electrons. The SMILES string of the molecule is CN(C)S(=O)(=O)N1CCO[C@H](c2ccncn2)C1. The molecule has 7 nitrogen and oxygen atoms in total. The summed E-state index contributed by atoms with van der Waals surface area (Å²) in [6, 6.07) is 1.73. The first kappa shape index (κ1) is 13.3. The van der Waals surface area contributed by atoms with Crippen molar-refractivity contribution < 1.29 is 13.2 Å². The smallest absolute Gasteiger partial charge is 0.281 e. The molecule has 0 aromatic carbocycles. The summed E-state index contributed by atoms with van der Waals surface area (Å²) in [5, 5.41) is 0. The predicted octanol–water partition coefficient (Wildman–Crippen LogP) is -0.344. The lowest BCUT2D eigenvalue weighted by molar-refractivity contribution is -0.00630. The van der Waals surface area contributed by atoms with Gasteiger partial charge in [0.2, 0.25) is 0 Å². The molecule has 100 valence electrons. The van der Waals surface area contributed by atoms with Crippen LogP contribution < -0.4 is 0 Å². The van der Waals surface area contributed by atoms with Crippen LogP contribution in [0.2, 0.25) is 0 Å². The van der Waals surface area contributed by atoms with Gasteiger partial charge < -0.3 is 4.74 Å². The van der Waals surface area contributed by atoms with E-state index in [1.807, 2.05) is 0 Å². The zero-order valence-corrected chi connectivity index (χ0v) is 11.2. The van der Waals surface area contributed by atoms with Gasteiger partial charge in [-0.2, -0.15) is 17.0 Å². The third kappa shape index (κ3) is 2.66. The molecule has 0 bridgehead atoms. The molecule has 18 heavy (non-hydrogen) atoms. The van der Waals surface area contributed by atoms with E-state index in [0.717, 1.165) is 0 Å². The van der Waals surface area contributed by atoms with Crippen molar-refractivity contribution in [3.8, 4) is 0 Å². The normalized spacial score (nSPS) is 22.3. The fraction of sp³-hybridized carbons (Fsp3) is 0.600. The number of hydrogen-bond acceptors (Lipinski definition) is 5. The Morgan fingerprint density at radius 3 is 2.89 bits per heavy atom. The highest BCUT2D eigenvalue weighted by molar-refractivity contribution is 7.86. The summed E-state index contributed by atoms with van der Waals surface area (Å²) in [7, 11) is -0.361. The molecule has 1 aromatic rings. The molecule has 1 saturated heterocycles. The summed E-state index contributed by atoms with van der Waals surface area (Å²) in [4.78, 5) is 7.92. The molecule has 1 atom stereocenters. The lowest BCUT2D eigenvalue weighted by atomic mass is 10.2. The van der Waals surface area contributed by atoms with E-state index < -0.39 is 10.2 Å². The number of rotatable bonds is 3. The van der Waals surface area contributed by atoms with Gasteiger partial charge in [-0.25, -0.2) is 9.97 Å². The van der Waals surface area contributed by atoms with E-state index in [9.17, 15) is 8.42 Å². The van der Waals surface area contributed by atoms with Gasteiger partial charge in [0.15, 0.2) is 0 Å². The van der Waals surface area contributed by atoms with Crippen LogP contribution in [0.5, 0.6) is 0 Å². The molecule has 8 heteroatoms. The Hall–Kier alpha value is -1.09. The molecule has 0 spiro atoms. The molecule has 1 aromatic heterocycles. The molecule has 1 fully saturated rings. The van der Waals surface area contributed by atoms with Gasteiger partial charge in [-0.15, -0.1) is 0 Å². The van der Waals surface area contributed by atoms with E-state index >= 15 is 0 Å². The van der Waals surface area contributed by atoms with Crippen LogP contribution in [-0.4, -0.2) is 60.8 Å². The second-order valence-electron chi connectivity index (χ2n) is 4.14. The summed E-state index contributed by atoms with van der Waals surface area (Å²) in [5.41, 5.74) is 0.698. The van der Waals surface area contributed by atoms with E-state index in [0.29, 0.717) is 18.8 Å². The van der Waals surface area contributed by atoms with E-state index in [1.165, 1.54) is 29.0 Å². The van der Waals surface area contributed by atoms with Crippen molar-refractivity contribution in [3.63, 3.8) is 0 Å². The fourth-order valence-electron chi connectivity index (χ4n) is 1.74. The largest absolute Gasteiger partial charge is 0.369 e. The Balaban J connectivity index is 2.15.